The maximum Gasteiger partial charge on any atom is 0.242 e. The number of rotatable bonds is 6. The number of hydrogen-bond donors (Lipinski definition) is 2. The van der Waals surface area contributed by atoms with Crippen LogP contribution < -0.4 is 10.5 Å². The van der Waals surface area contributed by atoms with Crippen LogP contribution in [0.3, 0.4) is 0 Å². The van der Waals surface area contributed by atoms with Crippen LogP contribution in [0.5, 0.6) is 0 Å². The number of hydrogen-bond acceptors (Lipinski definition) is 4. The lowest BCUT2D eigenvalue weighted by atomic mass is 10.1. The van der Waals surface area contributed by atoms with E-state index in [1.165, 1.54) is 12.1 Å². The van der Waals surface area contributed by atoms with Crippen molar-refractivity contribution in [2.24, 2.45) is 0 Å². The summed E-state index contributed by atoms with van der Waals surface area (Å²) in [5.74, 6) is 0. The summed E-state index contributed by atoms with van der Waals surface area (Å²) in [6, 6.07) is 4.33. The average molecular weight is 307 g/mol. The third-order valence-corrected chi connectivity index (χ3v) is 4.18. The van der Waals surface area contributed by atoms with E-state index in [0.717, 1.165) is 0 Å². The van der Waals surface area contributed by atoms with E-state index >= 15 is 0 Å². The Labute approximate surface area is 119 Å². The van der Waals surface area contributed by atoms with Crippen molar-refractivity contribution in [2.75, 3.05) is 18.9 Å². The Balaban J connectivity index is 2.90. The van der Waals surface area contributed by atoms with E-state index in [1.54, 1.807) is 19.9 Å². The number of sulfonamides is 1. The Hall–Kier alpha value is -0.820. The summed E-state index contributed by atoms with van der Waals surface area (Å²) in [6.45, 7) is 6.12. The molecule has 0 radical (unpaired) electrons. The molecule has 0 amide bonds. The van der Waals surface area contributed by atoms with Gasteiger partial charge in [-0.05, 0) is 39.0 Å². The topological polar surface area (TPSA) is 81.4 Å². The van der Waals surface area contributed by atoms with Gasteiger partial charge in [0.05, 0.1) is 11.3 Å². The van der Waals surface area contributed by atoms with E-state index in [-0.39, 0.29) is 17.1 Å². The zero-order valence-corrected chi connectivity index (χ0v) is 12.8. The minimum Gasteiger partial charge on any atom is -0.398 e. The molecule has 108 valence electrons. The molecule has 0 atom stereocenters. The van der Waals surface area contributed by atoms with Gasteiger partial charge in [0, 0.05) is 18.2 Å². The van der Waals surface area contributed by atoms with Crippen molar-refractivity contribution in [3.05, 3.63) is 23.2 Å². The van der Waals surface area contributed by atoms with Crippen molar-refractivity contribution in [1.29, 1.82) is 0 Å². The zero-order chi connectivity index (χ0) is 14.7. The SMILES string of the molecule is CCOC(C)(C)CNS(=O)(=O)c1cc(Cl)ccc1N. The van der Waals surface area contributed by atoms with Crippen LogP contribution in [0.25, 0.3) is 0 Å². The first kappa shape index (κ1) is 16.2. The van der Waals surface area contributed by atoms with Crippen LogP contribution in [-0.2, 0) is 14.8 Å². The van der Waals surface area contributed by atoms with Crippen molar-refractivity contribution < 1.29 is 13.2 Å². The van der Waals surface area contributed by atoms with Gasteiger partial charge in [0.2, 0.25) is 10.0 Å². The molecule has 1 rings (SSSR count). The normalized spacial score (nSPS) is 12.6. The van der Waals surface area contributed by atoms with E-state index in [9.17, 15) is 8.42 Å². The van der Waals surface area contributed by atoms with E-state index in [4.69, 9.17) is 22.1 Å². The number of halogens is 1. The average Bonchev–Trinajstić information content (AvgIpc) is 2.30. The van der Waals surface area contributed by atoms with Crippen LogP contribution in [-0.4, -0.2) is 27.2 Å². The fourth-order valence-electron chi connectivity index (χ4n) is 1.53. The second kappa shape index (κ2) is 6.09. The summed E-state index contributed by atoms with van der Waals surface area (Å²) in [4.78, 5) is -0.0210. The number of anilines is 1. The van der Waals surface area contributed by atoms with Gasteiger partial charge in [-0.1, -0.05) is 11.6 Å². The smallest absolute Gasteiger partial charge is 0.242 e. The van der Waals surface area contributed by atoms with Crippen molar-refractivity contribution in [1.82, 2.24) is 4.72 Å². The van der Waals surface area contributed by atoms with E-state index < -0.39 is 15.6 Å². The van der Waals surface area contributed by atoms with Crippen molar-refractivity contribution >= 4 is 27.3 Å². The predicted octanol–water partition coefficient (Wildman–Crippen LogP) is 2.02. The molecule has 0 aliphatic heterocycles. The maximum atomic E-state index is 12.2. The molecule has 0 unspecified atom stereocenters. The van der Waals surface area contributed by atoms with Crippen molar-refractivity contribution in [2.45, 2.75) is 31.3 Å². The van der Waals surface area contributed by atoms with E-state index in [2.05, 4.69) is 4.72 Å². The van der Waals surface area contributed by atoms with Gasteiger partial charge >= 0.3 is 0 Å². The Kier molecular flexibility index (Phi) is 5.20. The molecule has 0 aromatic heterocycles. The van der Waals surface area contributed by atoms with Gasteiger partial charge in [-0.15, -0.1) is 0 Å². The van der Waals surface area contributed by atoms with Gasteiger partial charge in [-0.2, -0.15) is 0 Å². The minimum absolute atomic E-state index is 0.0210. The lowest BCUT2D eigenvalue weighted by Crippen LogP contribution is -2.40. The highest BCUT2D eigenvalue weighted by atomic mass is 35.5. The van der Waals surface area contributed by atoms with Crippen LogP contribution in [0.4, 0.5) is 5.69 Å². The standard InChI is InChI=1S/C12H19ClN2O3S/c1-4-18-12(2,3)8-15-19(16,17)11-7-9(13)5-6-10(11)14/h5-7,15H,4,8,14H2,1-3H3. The predicted molar refractivity (Wildman–Crippen MR) is 76.8 cm³/mol. The first-order valence-electron chi connectivity index (χ1n) is 5.86. The number of ether oxygens (including phenoxy) is 1. The highest BCUT2D eigenvalue weighted by molar-refractivity contribution is 7.89. The molecule has 1 aromatic rings. The van der Waals surface area contributed by atoms with Gasteiger partial charge in [-0.3, -0.25) is 0 Å². The highest BCUT2D eigenvalue weighted by Gasteiger charge is 2.24. The number of benzene rings is 1. The van der Waals surface area contributed by atoms with Crippen LogP contribution in [0.1, 0.15) is 20.8 Å². The van der Waals surface area contributed by atoms with Crippen LogP contribution in [0.15, 0.2) is 23.1 Å². The largest absolute Gasteiger partial charge is 0.398 e. The zero-order valence-electron chi connectivity index (χ0n) is 11.2. The monoisotopic (exact) mass is 306 g/mol. The minimum atomic E-state index is -3.70. The van der Waals surface area contributed by atoms with Crippen molar-refractivity contribution in [3.63, 3.8) is 0 Å². The van der Waals surface area contributed by atoms with Crippen LogP contribution in [0.2, 0.25) is 5.02 Å². The summed E-state index contributed by atoms with van der Waals surface area (Å²) in [5, 5.41) is 0.318. The summed E-state index contributed by atoms with van der Waals surface area (Å²) in [5.41, 5.74) is 5.23. The Morgan fingerprint density at radius 1 is 1.42 bits per heavy atom. The van der Waals surface area contributed by atoms with Crippen LogP contribution >= 0.6 is 11.6 Å². The van der Waals surface area contributed by atoms with Gasteiger partial charge < -0.3 is 10.5 Å². The van der Waals surface area contributed by atoms with Gasteiger partial charge in [0.15, 0.2) is 0 Å². The Morgan fingerprint density at radius 3 is 2.63 bits per heavy atom. The second-order valence-corrected chi connectivity index (χ2v) is 6.87. The number of nitrogen functional groups attached to an aromatic ring is 1. The molecule has 0 aliphatic rings. The molecular weight excluding hydrogens is 288 g/mol. The first-order valence-corrected chi connectivity index (χ1v) is 7.73. The molecule has 7 heteroatoms. The fraction of sp³-hybridized carbons (Fsp3) is 0.500. The molecule has 5 nitrogen and oxygen atoms in total. The van der Waals surface area contributed by atoms with E-state index in [0.29, 0.717) is 11.6 Å². The molecule has 3 N–H and O–H groups in total. The Bertz CT molecular complexity index is 544. The molecule has 1 aromatic carbocycles. The fourth-order valence-corrected chi connectivity index (χ4v) is 3.12. The molecule has 0 fully saturated rings. The van der Waals surface area contributed by atoms with Crippen LogP contribution in [0, 0.1) is 0 Å². The third-order valence-electron chi connectivity index (χ3n) is 2.49. The molecule has 0 saturated carbocycles. The molecule has 19 heavy (non-hydrogen) atoms. The number of nitrogens with one attached hydrogen (secondary N) is 1. The summed E-state index contributed by atoms with van der Waals surface area (Å²) < 4.78 is 32.2. The summed E-state index contributed by atoms with van der Waals surface area (Å²) in [6.07, 6.45) is 0. The Morgan fingerprint density at radius 2 is 2.05 bits per heavy atom. The summed E-state index contributed by atoms with van der Waals surface area (Å²) >= 11 is 5.79. The quantitative estimate of drug-likeness (QED) is 0.788. The molecular formula is C12H19ClN2O3S. The molecule has 0 aliphatic carbocycles. The summed E-state index contributed by atoms with van der Waals surface area (Å²) in [7, 11) is -3.70. The van der Waals surface area contributed by atoms with E-state index in [1.807, 2.05) is 6.92 Å². The molecule has 0 spiro atoms. The van der Waals surface area contributed by atoms with Gasteiger partial charge in [0.25, 0.3) is 0 Å². The second-order valence-electron chi connectivity index (χ2n) is 4.70. The molecule has 0 saturated heterocycles. The number of nitrogens with two attached hydrogens (primary N) is 1. The first-order chi connectivity index (χ1) is 8.68. The molecule has 0 bridgehead atoms. The lowest BCUT2D eigenvalue weighted by molar-refractivity contribution is -0.00514. The van der Waals surface area contributed by atoms with Crippen molar-refractivity contribution in [3.8, 4) is 0 Å². The van der Waals surface area contributed by atoms with Gasteiger partial charge in [0.1, 0.15) is 4.90 Å². The lowest BCUT2D eigenvalue weighted by Gasteiger charge is -2.25. The third kappa shape index (κ3) is 4.65. The maximum absolute atomic E-state index is 12.2. The highest BCUT2D eigenvalue weighted by Crippen LogP contribution is 2.22. The molecule has 0 heterocycles. The van der Waals surface area contributed by atoms with Gasteiger partial charge in [-0.25, -0.2) is 13.1 Å².